The van der Waals surface area contributed by atoms with Crippen molar-refractivity contribution in [3.05, 3.63) is 36.1 Å². The molecule has 6 heteroatoms. The van der Waals surface area contributed by atoms with Crippen LogP contribution in [0.2, 0.25) is 0 Å². The van der Waals surface area contributed by atoms with Crippen molar-refractivity contribution in [2.45, 2.75) is 0 Å². The second kappa shape index (κ2) is 5.57. The molecular formula is C15H16N2O4. The summed E-state index contributed by atoms with van der Waals surface area (Å²) in [5.41, 5.74) is 0.699. The molecule has 1 aliphatic heterocycles. The van der Waals surface area contributed by atoms with E-state index in [0.29, 0.717) is 37.5 Å². The van der Waals surface area contributed by atoms with Gasteiger partial charge in [-0.3, -0.25) is 14.5 Å². The number of carbonyl (C=O) groups excluding carboxylic acids is 1. The summed E-state index contributed by atoms with van der Waals surface area (Å²) in [4.78, 5) is 26.6. The molecule has 2 heterocycles. The molecule has 21 heavy (non-hydrogen) atoms. The standard InChI is InChI=1S/C15H16N2O4/c18-14(19)10-16-5-7-17(8-6-16)15(20)13-9-11-3-1-2-4-12(11)21-13/h1-4,9H,5-8,10H2,(H,18,19). The van der Waals surface area contributed by atoms with Crippen LogP contribution in [0.3, 0.4) is 0 Å². The summed E-state index contributed by atoms with van der Waals surface area (Å²) in [7, 11) is 0. The first-order valence-electron chi connectivity index (χ1n) is 6.85. The molecule has 0 atom stereocenters. The molecule has 1 aliphatic rings. The van der Waals surface area contributed by atoms with Gasteiger partial charge in [0.1, 0.15) is 5.58 Å². The lowest BCUT2D eigenvalue weighted by molar-refractivity contribution is -0.138. The molecule has 1 N–H and O–H groups in total. The van der Waals surface area contributed by atoms with Crippen LogP contribution in [-0.2, 0) is 4.79 Å². The maximum Gasteiger partial charge on any atom is 0.317 e. The van der Waals surface area contributed by atoms with E-state index in [4.69, 9.17) is 9.52 Å². The number of piperazine rings is 1. The van der Waals surface area contributed by atoms with Gasteiger partial charge < -0.3 is 14.4 Å². The van der Waals surface area contributed by atoms with Crippen LogP contribution in [-0.4, -0.2) is 59.5 Å². The molecule has 3 rings (SSSR count). The Bertz CT molecular complexity index is 638. The van der Waals surface area contributed by atoms with Gasteiger partial charge in [-0.15, -0.1) is 0 Å². The zero-order valence-electron chi connectivity index (χ0n) is 11.5. The lowest BCUT2D eigenvalue weighted by Crippen LogP contribution is -2.49. The number of benzene rings is 1. The highest BCUT2D eigenvalue weighted by molar-refractivity contribution is 5.96. The molecule has 2 aromatic rings. The summed E-state index contributed by atoms with van der Waals surface area (Å²) >= 11 is 0. The third-order valence-electron chi connectivity index (χ3n) is 3.65. The highest BCUT2D eigenvalue weighted by atomic mass is 16.4. The SMILES string of the molecule is O=C(O)CN1CCN(C(=O)c2cc3ccccc3o2)CC1. The van der Waals surface area contributed by atoms with Crippen LogP contribution in [0, 0.1) is 0 Å². The molecule has 110 valence electrons. The van der Waals surface area contributed by atoms with Crippen LogP contribution in [0.25, 0.3) is 11.0 Å². The summed E-state index contributed by atoms with van der Waals surface area (Å²) in [6.07, 6.45) is 0. The van der Waals surface area contributed by atoms with Crippen molar-refractivity contribution in [3.8, 4) is 0 Å². The number of furan rings is 1. The minimum atomic E-state index is -0.841. The van der Waals surface area contributed by atoms with Gasteiger partial charge in [0, 0.05) is 31.6 Å². The quantitative estimate of drug-likeness (QED) is 0.921. The van der Waals surface area contributed by atoms with Gasteiger partial charge in [0.05, 0.1) is 6.54 Å². The van der Waals surface area contributed by atoms with E-state index in [1.807, 2.05) is 29.2 Å². The van der Waals surface area contributed by atoms with Gasteiger partial charge in [-0.05, 0) is 12.1 Å². The Labute approximate surface area is 121 Å². The third-order valence-corrected chi connectivity index (χ3v) is 3.65. The zero-order chi connectivity index (χ0) is 14.8. The van der Waals surface area contributed by atoms with E-state index < -0.39 is 5.97 Å². The van der Waals surface area contributed by atoms with E-state index in [2.05, 4.69) is 0 Å². The number of carboxylic acids is 1. The number of hydrogen-bond donors (Lipinski definition) is 1. The van der Waals surface area contributed by atoms with Crippen molar-refractivity contribution in [2.75, 3.05) is 32.7 Å². The van der Waals surface area contributed by atoms with Gasteiger partial charge in [-0.25, -0.2) is 0 Å². The normalized spacial score (nSPS) is 16.3. The lowest BCUT2D eigenvalue weighted by atomic mass is 10.2. The Morgan fingerprint density at radius 3 is 2.52 bits per heavy atom. The lowest BCUT2D eigenvalue weighted by Gasteiger charge is -2.33. The van der Waals surface area contributed by atoms with Gasteiger partial charge in [-0.1, -0.05) is 18.2 Å². The van der Waals surface area contributed by atoms with Crippen molar-refractivity contribution in [2.24, 2.45) is 0 Å². The Morgan fingerprint density at radius 1 is 1.14 bits per heavy atom. The Hall–Kier alpha value is -2.34. The molecule has 0 bridgehead atoms. The molecule has 0 aliphatic carbocycles. The maximum atomic E-state index is 12.4. The largest absolute Gasteiger partial charge is 0.480 e. The van der Waals surface area contributed by atoms with E-state index in [1.54, 1.807) is 11.0 Å². The van der Waals surface area contributed by atoms with Crippen LogP contribution >= 0.6 is 0 Å². The number of nitrogens with zero attached hydrogens (tertiary/aromatic N) is 2. The Kier molecular flexibility index (Phi) is 3.62. The van der Waals surface area contributed by atoms with Gasteiger partial charge in [-0.2, -0.15) is 0 Å². The molecule has 0 radical (unpaired) electrons. The van der Waals surface area contributed by atoms with Crippen molar-refractivity contribution in [3.63, 3.8) is 0 Å². The summed E-state index contributed by atoms with van der Waals surface area (Å²) in [6, 6.07) is 9.25. The number of carboxylic acid groups (broad SMARTS) is 1. The first kappa shape index (κ1) is 13.6. The minimum Gasteiger partial charge on any atom is -0.480 e. The number of amides is 1. The predicted octanol–water partition coefficient (Wildman–Crippen LogP) is 1.28. The highest BCUT2D eigenvalue weighted by Crippen LogP contribution is 2.20. The number of aliphatic carboxylic acids is 1. The number of para-hydroxylation sites is 1. The molecule has 1 amide bonds. The number of rotatable bonds is 3. The van der Waals surface area contributed by atoms with Crippen LogP contribution < -0.4 is 0 Å². The average molecular weight is 288 g/mol. The van der Waals surface area contributed by atoms with E-state index in [-0.39, 0.29) is 12.5 Å². The highest BCUT2D eigenvalue weighted by Gasteiger charge is 2.25. The van der Waals surface area contributed by atoms with Crippen LogP contribution in [0.15, 0.2) is 34.7 Å². The van der Waals surface area contributed by atoms with E-state index in [1.165, 1.54) is 0 Å². The van der Waals surface area contributed by atoms with E-state index in [9.17, 15) is 9.59 Å². The van der Waals surface area contributed by atoms with Gasteiger partial charge in [0.15, 0.2) is 5.76 Å². The number of fused-ring (bicyclic) bond motifs is 1. The summed E-state index contributed by atoms with van der Waals surface area (Å²) in [5.74, 6) is -0.642. The first-order valence-corrected chi connectivity index (χ1v) is 6.85. The van der Waals surface area contributed by atoms with Gasteiger partial charge in [0.2, 0.25) is 0 Å². The second-order valence-corrected chi connectivity index (χ2v) is 5.11. The van der Waals surface area contributed by atoms with E-state index in [0.717, 1.165) is 5.39 Å². The Balaban J connectivity index is 1.67. The van der Waals surface area contributed by atoms with Crippen molar-refractivity contribution < 1.29 is 19.1 Å². The molecule has 0 spiro atoms. The summed E-state index contributed by atoms with van der Waals surface area (Å²) in [6.45, 7) is 2.19. The monoisotopic (exact) mass is 288 g/mol. The molecular weight excluding hydrogens is 272 g/mol. The molecule has 1 aromatic carbocycles. The van der Waals surface area contributed by atoms with Crippen molar-refractivity contribution in [1.29, 1.82) is 0 Å². The fourth-order valence-corrected chi connectivity index (χ4v) is 2.54. The molecule has 1 saturated heterocycles. The predicted molar refractivity (Wildman–Crippen MR) is 76.2 cm³/mol. The fourth-order valence-electron chi connectivity index (χ4n) is 2.54. The molecule has 1 fully saturated rings. The molecule has 0 saturated carbocycles. The first-order chi connectivity index (χ1) is 10.1. The zero-order valence-corrected chi connectivity index (χ0v) is 11.5. The average Bonchev–Trinajstić information content (AvgIpc) is 2.90. The number of hydrogen-bond acceptors (Lipinski definition) is 4. The van der Waals surface area contributed by atoms with Gasteiger partial charge in [0.25, 0.3) is 5.91 Å². The van der Waals surface area contributed by atoms with Crippen LogP contribution in [0.1, 0.15) is 10.6 Å². The second-order valence-electron chi connectivity index (χ2n) is 5.11. The minimum absolute atomic E-state index is 0.0205. The van der Waals surface area contributed by atoms with Crippen LogP contribution in [0.5, 0.6) is 0 Å². The summed E-state index contributed by atoms with van der Waals surface area (Å²) in [5, 5.41) is 9.67. The Morgan fingerprint density at radius 2 is 1.86 bits per heavy atom. The summed E-state index contributed by atoms with van der Waals surface area (Å²) < 4.78 is 5.58. The smallest absolute Gasteiger partial charge is 0.317 e. The third kappa shape index (κ3) is 2.90. The number of carbonyl (C=O) groups is 2. The fraction of sp³-hybridized carbons (Fsp3) is 0.333. The van der Waals surface area contributed by atoms with Crippen molar-refractivity contribution in [1.82, 2.24) is 9.80 Å². The van der Waals surface area contributed by atoms with Gasteiger partial charge >= 0.3 is 5.97 Å². The topological polar surface area (TPSA) is 74.0 Å². The van der Waals surface area contributed by atoms with E-state index >= 15 is 0 Å². The van der Waals surface area contributed by atoms with Crippen molar-refractivity contribution >= 4 is 22.8 Å². The van der Waals surface area contributed by atoms with Crippen LogP contribution in [0.4, 0.5) is 0 Å². The molecule has 6 nitrogen and oxygen atoms in total. The molecule has 1 aromatic heterocycles. The molecule has 0 unspecified atom stereocenters. The maximum absolute atomic E-state index is 12.4.